The number of hydrogen-bond acceptors (Lipinski definition) is 3. The first-order valence-electron chi connectivity index (χ1n) is 4.00. The predicted molar refractivity (Wildman–Crippen MR) is 45.4 cm³/mol. The lowest BCUT2D eigenvalue weighted by atomic mass is 9.99. The minimum Gasteiger partial charge on any atom is -0.391 e. The summed E-state index contributed by atoms with van der Waals surface area (Å²) in [6.45, 7) is 6.71. The second-order valence-electron chi connectivity index (χ2n) is 3.51. The molecule has 0 rings (SSSR count). The summed E-state index contributed by atoms with van der Waals surface area (Å²) < 4.78 is 5.04. The summed E-state index contributed by atoms with van der Waals surface area (Å²) in [5.41, 5.74) is 5.38. The molecule has 0 aliphatic rings. The van der Waals surface area contributed by atoms with Crippen LogP contribution in [0.2, 0.25) is 0 Å². The zero-order valence-corrected chi connectivity index (χ0v) is 7.63. The van der Waals surface area contributed by atoms with E-state index in [1.165, 1.54) is 0 Å². The standard InChI is InChI=1S/C8H19NO2/c1-4-11-6-7(10)5-8(2,3)9/h7,10H,4-6,9H2,1-3H3. The first-order valence-corrected chi connectivity index (χ1v) is 4.00. The van der Waals surface area contributed by atoms with Crippen LogP contribution < -0.4 is 5.73 Å². The molecule has 11 heavy (non-hydrogen) atoms. The van der Waals surface area contributed by atoms with Crippen LogP contribution in [0.3, 0.4) is 0 Å². The number of rotatable bonds is 5. The Balaban J connectivity index is 3.44. The number of ether oxygens (including phenoxy) is 1. The normalized spacial score (nSPS) is 15.0. The summed E-state index contributed by atoms with van der Waals surface area (Å²) in [6.07, 6.45) is 0.141. The molecular formula is C8H19NO2. The molecule has 68 valence electrons. The Morgan fingerprint density at radius 2 is 2.09 bits per heavy atom. The van der Waals surface area contributed by atoms with Gasteiger partial charge in [-0.15, -0.1) is 0 Å². The van der Waals surface area contributed by atoms with E-state index in [1.54, 1.807) is 0 Å². The summed E-state index contributed by atoms with van der Waals surface area (Å²) >= 11 is 0. The van der Waals surface area contributed by atoms with Crippen LogP contribution >= 0.6 is 0 Å². The molecule has 0 aliphatic carbocycles. The maximum atomic E-state index is 9.31. The average Bonchev–Trinajstić information content (AvgIpc) is 1.79. The third-order valence-electron chi connectivity index (χ3n) is 1.28. The molecule has 0 fully saturated rings. The fourth-order valence-electron chi connectivity index (χ4n) is 0.920. The molecule has 0 radical (unpaired) electrons. The van der Waals surface area contributed by atoms with Crippen LogP contribution in [0.15, 0.2) is 0 Å². The van der Waals surface area contributed by atoms with Gasteiger partial charge in [0.2, 0.25) is 0 Å². The van der Waals surface area contributed by atoms with Crippen LogP contribution in [0, 0.1) is 0 Å². The van der Waals surface area contributed by atoms with Crippen molar-refractivity contribution in [2.45, 2.75) is 38.8 Å². The lowest BCUT2D eigenvalue weighted by Crippen LogP contribution is -2.37. The summed E-state index contributed by atoms with van der Waals surface area (Å²) in [5.74, 6) is 0. The van der Waals surface area contributed by atoms with Crippen molar-refractivity contribution in [1.29, 1.82) is 0 Å². The fourth-order valence-corrected chi connectivity index (χ4v) is 0.920. The van der Waals surface area contributed by atoms with Crippen LogP contribution in [0.1, 0.15) is 27.2 Å². The first-order chi connectivity index (χ1) is 4.95. The van der Waals surface area contributed by atoms with Gasteiger partial charge in [0, 0.05) is 12.1 Å². The monoisotopic (exact) mass is 161 g/mol. The molecule has 0 bridgehead atoms. The molecule has 3 N–H and O–H groups in total. The van der Waals surface area contributed by atoms with Gasteiger partial charge in [-0.2, -0.15) is 0 Å². The summed E-state index contributed by atoms with van der Waals surface area (Å²) in [5, 5.41) is 9.31. The topological polar surface area (TPSA) is 55.5 Å². The van der Waals surface area contributed by atoms with Crippen molar-refractivity contribution in [3.05, 3.63) is 0 Å². The van der Waals surface area contributed by atoms with E-state index in [0.29, 0.717) is 19.6 Å². The molecule has 0 saturated heterocycles. The van der Waals surface area contributed by atoms with Gasteiger partial charge in [-0.25, -0.2) is 0 Å². The van der Waals surface area contributed by atoms with Crippen molar-refractivity contribution in [2.75, 3.05) is 13.2 Å². The molecule has 1 atom stereocenters. The molecule has 0 aliphatic heterocycles. The van der Waals surface area contributed by atoms with E-state index < -0.39 is 6.10 Å². The van der Waals surface area contributed by atoms with Crippen LogP contribution in [0.25, 0.3) is 0 Å². The van der Waals surface area contributed by atoms with Crippen molar-refractivity contribution in [3.8, 4) is 0 Å². The molecular weight excluding hydrogens is 142 g/mol. The van der Waals surface area contributed by atoms with E-state index in [-0.39, 0.29) is 5.54 Å². The smallest absolute Gasteiger partial charge is 0.0790 e. The Bertz CT molecular complexity index is 98.8. The van der Waals surface area contributed by atoms with Crippen molar-refractivity contribution >= 4 is 0 Å². The predicted octanol–water partition coefficient (Wildman–Crippen LogP) is 0.511. The van der Waals surface area contributed by atoms with Crippen molar-refractivity contribution < 1.29 is 9.84 Å². The summed E-state index contributed by atoms with van der Waals surface area (Å²) in [7, 11) is 0. The van der Waals surface area contributed by atoms with Gasteiger partial charge in [-0.1, -0.05) is 0 Å². The number of aliphatic hydroxyl groups is 1. The molecule has 0 aromatic carbocycles. The second kappa shape index (κ2) is 4.70. The van der Waals surface area contributed by atoms with Gasteiger partial charge in [0.25, 0.3) is 0 Å². The van der Waals surface area contributed by atoms with Crippen LogP contribution in [-0.2, 0) is 4.74 Å². The zero-order valence-electron chi connectivity index (χ0n) is 7.63. The Hall–Kier alpha value is -0.120. The van der Waals surface area contributed by atoms with Crippen molar-refractivity contribution in [3.63, 3.8) is 0 Å². The second-order valence-corrected chi connectivity index (χ2v) is 3.51. The van der Waals surface area contributed by atoms with Crippen LogP contribution in [-0.4, -0.2) is 30.0 Å². The highest BCUT2D eigenvalue weighted by Gasteiger charge is 2.16. The third kappa shape index (κ3) is 7.78. The van der Waals surface area contributed by atoms with Crippen LogP contribution in [0.5, 0.6) is 0 Å². The molecule has 3 heteroatoms. The van der Waals surface area contributed by atoms with Gasteiger partial charge in [0.05, 0.1) is 12.7 Å². The Morgan fingerprint density at radius 1 is 1.55 bits per heavy atom. The molecule has 0 spiro atoms. The molecule has 0 heterocycles. The Labute approximate surface area is 68.5 Å². The lowest BCUT2D eigenvalue weighted by molar-refractivity contribution is 0.0287. The number of aliphatic hydroxyl groups excluding tert-OH is 1. The van der Waals surface area contributed by atoms with Gasteiger partial charge in [-0.3, -0.25) is 0 Å². The zero-order chi connectivity index (χ0) is 8.91. The van der Waals surface area contributed by atoms with E-state index in [2.05, 4.69) is 0 Å². The molecule has 0 saturated carbocycles. The van der Waals surface area contributed by atoms with E-state index >= 15 is 0 Å². The van der Waals surface area contributed by atoms with Crippen LogP contribution in [0.4, 0.5) is 0 Å². The average molecular weight is 161 g/mol. The largest absolute Gasteiger partial charge is 0.391 e. The molecule has 1 unspecified atom stereocenters. The van der Waals surface area contributed by atoms with Crippen molar-refractivity contribution in [1.82, 2.24) is 0 Å². The van der Waals surface area contributed by atoms with Gasteiger partial charge in [0.1, 0.15) is 0 Å². The van der Waals surface area contributed by atoms with E-state index in [1.807, 2.05) is 20.8 Å². The summed E-state index contributed by atoms with van der Waals surface area (Å²) in [6, 6.07) is 0. The maximum Gasteiger partial charge on any atom is 0.0790 e. The molecule has 0 aromatic rings. The minimum atomic E-state index is -0.435. The summed E-state index contributed by atoms with van der Waals surface area (Å²) in [4.78, 5) is 0. The molecule has 0 aromatic heterocycles. The Morgan fingerprint density at radius 3 is 2.45 bits per heavy atom. The van der Waals surface area contributed by atoms with Gasteiger partial charge >= 0.3 is 0 Å². The SMILES string of the molecule is CCOCC(O)CC(C)(C)N. The highest BCUT2D eigenvalue weighted by molar-refractivity contribution is 4.75. The Kier molecular flexibility index (Phi) is 4.65. The molecule has 0 amide bonds. The van der Waals surface area contributed by atoms with E-state index in [0.717, 1.165) is 0 Å². The maximum absolute atomic E-state index is 9.31. The third-order valence-corrected chi connectivity index (χ3v) is 1.28. The van der Waals surface area contributed by atoms with Gasteiger partial charge < -0.3 is 15.6 Å². The lowest BCUT2D eigenvalue weighted by Gasteiger charge is -2.21. The minimum absolute atomic E-state index is 0.309. The highest BCUT2D eigenvalue weighted by atomic mass is 16.5. The van der Waals surface area contributed by atoms with E-state index in [9.17, 15) is 5.11 Å². The number of hydrogen-bond donors (Lipinski definition) is 2. The quantitative estimate of drug-likeness (QED) is 0.617. The molecule has 3 nitrogen and oxygen atoms in total. The van der Waals surface area contributed by atoms with Gasteiger partial charge in [-0.05, 0) is 27.2 Å². The first kappa shape index (κ1) is 10.9. The van der Waals surface area contributed by atoms with Gasteiger partial charge in [0.15, 0.2) is 0 Å². The fraction of sp³-hybridized carbons (Fsp3) is 1.00. The van der Waals surface area contributed by atoms with E-state index in [4.69, 9.17) is 10.5 Å². The van der Waals surface area contributed by atoms with Crippen molar-refractivity contribution in [2.24, 2.45) is 5.73 Å². The number of nitrogens with two attached hydrogens (primary N) is 1. The highest BCUT2D eigenvalue weighted by Crippen LogP contribution is 2.07.